The van der Waals surface area contributed by atoms with Crippen LogP contribution in [0.25, 0.3) is 11.1 Å². The van der Waals surface area contributed by atoms with Gasteiger partial charge in [-0.2, -0.15) is 0 Å². The highest BCUT2D eigenvalue weighted by Gasteiger charge is 2.28. The lowest BCUT2D eigenvalue weighted by Crippen LogP contribution is -2.00. The molecule has 0 saturated heterocycles. The Kier molecular flexibility index (Phi) is 6.04. The molecular weight excluding hydrogens is 520 g/mol. The number of non-ortho nitro benzene ring substituents is 1. The van der Waals surface area contributed by atoms with Gasteiger partial charge in [-0.25, -0.2) is 0 Å². The molecule has 1 aliphatic heterocycles. The lowest BCUT2D eigenvalue weighted by molar-refractivity contribution is -0.384. The van der Waals surface area contributed by atoms with Crippen LogP contribution in [0.3, 0.4) is 0 Å². The second kappa shape index (κ2) is 9.01. The van der Waals surface area contributed by atoms with Crippen molar-refractivity contribution in [1.82, 2.24) is 0 Å². The normalized spacial score (nSPS) is 12.1. The van der Waals surface area contributed by atoms with Crippen molar-refractivity contribution < 1.29 is 14.4 Å². The van der Waals surface area contributed by atoms with E-state index in [1.54, 1.807) is 24.3 Å². The maximum Gasteiger partial charge on any atom is 0.269 e. The minimum Gasteiger partial charge on any atom is -0.448 e. The Morgan fingerprint density at radius 3 is 1.79 bits per heavy atom. The predicted octanol–water partition coefficient (Wildman–Crippen LogP) is 9.36. The number of nitro benzene ring substituents is 1. The van der Waals surface area contributed by atoms with Crippen molar-refractivity contribution in [3.05, 3.63) is 108 Å². The van der Waals surface area contributed by atoms with Crippen molar-refractivity contribution in [2.75, 3.05) is 0 Å². The highest BCUT2D eigenvalue weighted by atomic mass is 35.5. The minimum atomic E-state index is -0.344. The third kappa shape index (κ3) is 3.95. The van der Waals surface area contributed by atoms with Crippen molar-refractivity contribution in [2.24, 2.45) is 0 Å². The third-order valence-corrected chi connectivity index (χ3v) is 7.21. The summed E-state index contributed by atoms with van der Waals surface area (Å²) in [5.41, 5.74) is 4.80. The quantitative estimate of drug-likeness (QED) is 0.0915. The fourth-order valence-electron chi connectivity index (χ4n) is 3.86. The standard InChI is InChI=1S/C13H9NO2.C12H4Cl4O2/c15-14(16)11-5-6-13-10(8-11)7-9-3-1-2-4-12(9)13;13-7-8(14)10(16)12-11(9(7)15)17-5-3-1-2-4-6(5)18-12/h1-6,8H,7H2;1-4H. The van der Waals surface area contributed by atoms with Gasteiger partial charge in [0.1, 0.15) is 10.0 Å². The van der Waals surface area contributed by atoms with E-state index >= 15 is 0 Å². The zero-order valence-corrected chi connectivity index (χ0v) is 20.2. The molecule has 0 fully saturated rings. The topological polar surface area (TPSA) is 61.6 Å². The van der Waals surface area contributed by atoms with E-state index in [-0.39, 0.29) is 42.2 Å². The summed E-state index contributed by atoms with van der Waals surface area (Å²) in [4.78, 5) is 10.3. The lowest BCUT2D eigenvalue weighted by Gasteiger charge is -2.23. The average Bonchev–Trinajstić information content (AvgIpc) is 3.23. The number of nitrogens with zero attached hydrogens (tertiary/aromatic N) is 1. The summed E-state index contributed by atoms with van der Waals surface area (Å²) < 4.78 is 11.3. The summed E-state index contributed by atoms with van der Waals surface area (Å²) in [6.45, 7) is 0. The van der Waals surface area contributed by atoms with Crippen LogP contribution in [0.1, 0.15) is 11.1 Å². The van der Waals surface area contributed by atoms with Crippen LogP contribution in [-0.4, -0.2) is 4.92 Å². The van der Waals surface area contributed by atoms with E-state index in [9.17, 15) is 10.1 Å². The van der Waals surface area contributed by atoms with E-state index in [1.807, 2.05) is 30.3 Å². The van der Waals surface area contributed by atoms with Crippen molar-refractivity contribution in [3.63, 3.8) is 0 Å². The number of hydrogen-bond acceptors (Lipinski definition) is 4. The molecule has 0 spiro atoms. The summed E-state index contributed by atoms with van der Waals surface area (Å²) in [5, 5.41) is 11.3. The van der Waals surface area contributed by atoms with E-state index in [0.29, 0.717) is 11.5 Å². The highest BCUT2D eigenvalue weighted by molar-refractivity contribution is 6.53. The van der Waals surface area contributed by atoms with Gasteiger partial charge in [-0.05, 0) is 46.9 Å². The lowest BCUT2D eigenvalue weighted by atomic mass is 10.1. The van der Waals surface area contributed by atoms with Gasteiger partial charge in [-0.3, -0.25) is 10.1 Å². The first-order valence-corrected chi connectivity index (χ1v) is 11.5. The molecule has 34 heavy (non-hydrogen) atoms. The molecule has 2 aliphatic rings. The molecule has 0 bridgehead atoms. The molecule has 4 aromatic carbocycles. The monoisotopic (exact) mass is 531 g/mol. The molecule has 0 radical (unpaired) electrons. The summed E-state index contributed by atoms with van der Waals surface area (Å²) >= 11 is 24.1. The van der Waals surface area contributed by atoms with Gasteiger partial charge in [0.2, 0.25) is 0 Å². The van der Waals surface area contributed by atoms with Crippen LogP contribution < -0.4 is 9.47 Å². The maximum atomic E-state index is 10.7. The van der Waals surface area contributed by atoms with Crippen molar-refractivity contribution >= 4 is 52.1 Å². The van der Waals surface area contributed by atoms with Gasteiger partial charge < -0.3 is 9.47 Å². The van der Waals surface area contributed by atoms with E-state index in [4.69, 9.17) is 55.9 Å². The second-order valence-corrected chi connectivity index (χ2v) is 9.01. The third-order valence-electron chi connectivity index (χ3n) is 5.44. The first-order chi connectivity index (χ1) is 16.3. The van der Waals surface area contributed by atoms with Gasteiger partial charge in [-0.1, -0.05) is 82.8 Å². The molecule has 1 aliphatic carbocycles. The molecule has 0 atom stereocenters. The molecule has 0 N–H and O–H groups in total. The van der Waals surface area contributed by atoms with Gasteiger partial charge >= 0.3 is 0 Å². The number of rotatable bonds is 1. The SMILES string of the molecule is Clc1c(Cl)c(Cl)c2c(c1Cl)Oc1ccccc1O2.O=[N+]([O-])c1ccc2c(c1)Cc1ccccc1-2. The van der Waals surface area contributed by atoms with Crippen LogP contribution in [0.5, 0.6) is 23.0 Å². The van der Waals surface area contributed by atoms with E-state index in [1.165, 1.54) is 11.1 Å². The maximum absolute atomic E-state index is 10.7. The zero-order valence-electron chi connectivity index (χ0n) is 17.2. The van der Waals surface area contributed by atoms with E-state index < -0.39 is 0 Å². The Morgan fingerprint density at radius 2 is 1.21 bits per heavy atom. The largest absolute Gasteiger partial charge is 0.448 e. The van der Waals surface area contributed by atoms with Gasteiger partial charge in [0.05, 0.1) is 15.0 Å². The number of ether oxygens (including phenoxy) is 2. The Morgan fingerprint density at radius 1 is 0.676 bits per heavy atom. The highest BCUT2D eigenvalue weighted by Crippen LogP contribution is 2.56. The van der Waals surface area contributed by atoms with Crippen LogP contribution in [0.4, 0.5) is 5.69 Å². The molecule has 6 rings (SSSR count). The average molecular weight is 533 g/mol. The van der Waals surface area contributed by atoms with Crippen LogP contribution in [-0.2, 0) is 6.42 Å². The summed E-state index contributed by atoms with van der Waals surface area (Å²) in [5.74, 6) is 1.63. The molecule has 4 aromatic rings. The van der Waals surface area contributed by atoms with Gasteiger partial charge in [-0.15, -0.1) is 0 Å². The number of halogens is 4. The fraction of sp³-hybridized carbons (Fsp3) is 0.0400. The van der Waals surface area contributed by atoms with E-state index in [2.05, 4.69) is 12.1 Å². The van der Waals surface area contributed by atoms with Gasteiger partial charge in [0.15, 0.2) is 23.0 Å². The minimum absolute atomic E-state index is 0.144. The molecule has 1 heterocycles. The van der Waals surface area contributed by atoms with Crippen LogP contribution in [0.2, 0.25) is 20.1 Å². The number of benzene rings is 4. The van der Waals surface area contributed by atoms with Crippen molar-refractivity contribution in [3.8, 4) is 34.1 Å². The Bertz CT molecular complexity index is 1420. The molecule has 9 heteroatoms. The number of hydrogen-bond donors (Lipinski definition) is 0. The molecule has 0 unspecified atom stereocenters. The van der Waals surface area contributed by atoms with Gasteiger partial charge in [0, 0.05) is 12.1 Å². The zero-order chi connectivity index (χ0) is 24.0. The van der Waals surface area contributed by atoms with Crippen molar-refractivity contribution in [2.45, 2.75) is 6.42 Å². The predicted molar refractivity (Wildman–Crippen MR) is 134 cm³/mol. The van der Waals surface area contributed by atoms with Gasteiger partial charge in [0.25, 0.3) is 5.69 Å². The number of fused-ring (bicyclic) bond motifs is 5. The van der Waals surface area contributed by atoms with Crippen LogP contribution >= 0.6 is 46.4 Å². The first-order valence-electron chi connectivity index (χ1n) is 10.0. The Balaban J connectivity index is 0.000000142. The fourth-order valence-corrected chi connectivity index (χ4v) is 4.75. The first kappa shape index (κ1) is 22.8. The Labute approximate surface area is 214 Å². The van der Waals surface area contributed by atoms with Crippen LogP contribution in [0.15, 0.2) is 66.7 Å². The second-order valence-electron chi connectivity index (χ2n) is 7.50. The molecular formula is C25H13Cl4NO4. The summed E-state index contributed by atoms with van der Waals surface area (Å²) in [7, 11) is 0. The molecule has 0 amide bonds. The molecule has 0 saturated carbocycles. The van der Waals surface area contributed by atoms with Crippen molar-refractivity contribution in [1.29, 1.82) is 0 Å². The van der Waals surface area contributed by atoms with E-state index in [0.717, 1.165) is 17.5 Å². The summed E-state index contributed by atoms with van der Waals surface area (Å²) in [6, 6.07) is 20.4. The molecule has 5 nitrogen and oxygen atoms in total. The molecule has 170 valence electrons. The van der Waals surface area contributed by atoms with Crippen LogP contribution in [0, 0.1) is 10.1 Å². The number of para-hydroxylation sites is 2. The molecule has 0 aromatic heterocycles. The Hall–Kier alpha value is -2.96. The number of nitro groups is 1. The summed E-state index contributed by atoms with van der Waals surface area (Å²) in [6.07, 6.45) is 0.799. The smallest absolute Gasteiger partial charge is 0.269 e.